The van der Waals surface area contributed by atoms with Gasteiger partial charge >= 0.3 is 0 Å². The molecule has 1 aromatic rings. The van der Waals surface area contributed by atoms with Gasteiger partial charge in [-0.3, -0.25) is 0 Å². The van der Waals surface area contributed by atoms with Gasteiger partial charge in [0, 0.05) is 0 Å². The van der Waals surface area contributed by atoms with Crippen LogP contribution in [0.4, 0.5) is 0 Å². The molecule has 14 heavy (non-hydrogen) atoms. The van der Waals surface area contributed by atoms with Gasteiger partial charge in [-0.15, -0.1) is 0 Å². The van der Waals surface area contributed by atoms with Crippen LogP contribution in [0.5, 0.6) is 5.75 Å². The molecule has 0 saturated heterocycles. The van der Waals surface area contributed by atoms with Gasteiger partial charge in [0.1, 0.15) is 5.75 Å². The van der Waals surface area contributed by atoms with Crippen LogP contribution >= 0.6 is 0 Å². The van der Waals surface area contributed by atoms with E-state index in [1.54, 1.807) is 7.11 Å². The zero-order valence-electron chi connectivity index (χ0n) is 9.08. The van der Waals surface area contributed by atoms with Crippen LogP contribution in [-0.4, -0.2) is 17.8 Å². The van der Waals surface area contributed by atoms with Crippen molar-refractivity contribution >= 4 is 0 Å². The first kappa shape index (κ1) is 11.1. The van der Waals surface area contributed by atoms with Crippen molar-refractivity contribution in [1.82, 2.24) is 0 Å². The minimum absolute atomic E-state index is 0.583. The zero-order chi connectivity index (χ0) is 10.6. The van der Waals surface area contributed by atoms with E-state index in [9.17, 15) is 5.11 Å². The molecule has 1 N–H and O–H groups in total. The molecule has 0 aromatic heterocycles. The number of rotatable bonds is 4. The van der Waals surface area contributed by atoms with Gasteiger partial charge in [0.25, 0.3) is 0 Å². The Kier molecular flexibility index (Phi) is 3.53. The Morgan fingerprint density at radius 3 is 2.21 bits per heavy atom. The summed E-state index contributed by atoms with van der Waals surface area (Å²) in [4.78, 5) is 0. The quantitative estimate of drug-likeness (QED) is 0.797. The molecule has 0 spiro atoms. The van der Waals surface area contributed by atoms with Gasteiger partial charge in [0.15, 0.2) is 0 Å². The first-order valence-electron chi connectivity index (χ1n) is 4.86. The van der Waals surface area contributed by atoms with Crippen molar-refractivity contribution in [2.45, 2.75) is 32.3 Å². The average Bonchev–Trinajstić information content (AvgIpc) is 2.14. The first-order valence-corrected chi connectivity index (χ1v) is 4.86. The number of aliphatic hydroxyl groups is 1. The second kappa shape index (κ2) is 4.47. The molecule has 2 nitrogen and oxygen atoms in total. The lowest BCUT2D eigenvalue weighted by atomic mass is 9.99. The summed E-state index contributed by atoms with van der Waals surface area (Å²) in [7, 11) is 1.66. The molecule has 1 aromatic carbocycles. The van der Waals surface area contributed by atoms with Gasteiger partial charge in [-0.2, -0.15) is 0 Å². The van der Waals surface area contributed by atoms with Crippen molar-refractivity contribution in [3.8, 4) is 5.75 Å². The van der Waals surface area contributed by atoms with E-state index in [0.29, 0.717) is 0 Å². The minimum atomic E-state index is -0.583. The standard InChI is InChI=1S/C12H18O2/c1-12(2,13)9-8-10-4-6-11(14-3)7-5-10/h4-7,13H,8-9H2,1-3H3. The number of benzene rings is 1. The third kappa shape index (κ3) is 3.79. The van der Waals surface area contributed by atoms with Gasteiger partial charge in [-0.05, 0) is 44.4 Å². The lowest BCUT2D eigenvalue weighted by Gasteiger charge is -2.16. The monoisotopic (exact) mass is 194 g/mol. The van der Waals surface area contributed by atoms with Crippen molar-refractivity contribution in [3.63, 3.8) is 0 Å². The van der Waals surface area contributed by atoms with E-state index in [1.807, 2.05) is 38.1 Å². The van der Waals surface area contributed by atoms with E-state index in [-0.39, 0.29) is 0 Å². The summed E-state index contributed by atoms with van der Waals surface area (Å²) in [5.41, 5.74) is 0.646. The third-order valence-electron chi connectivity index (χ3n) is 2.18. The maximum atomic E-state index is 9.56. The predicted molar refractivity (Wildman–Crippen MR) is 57.6 cm³/mol. The van der Waals surface area contributed by atoms with E-state index in [0.717, 1.165) is 18.6 Å². The molecule has 78 valence electrons. The molecule has 0 aliphatic heterocycles. The van der Waals surface area contributed by atoms with Gasteiger partial charge in [-0.25, -0.2) is 0 Å². The van der Waals surface area contributed by atoms with Crippen LogP contribution in [0.2, 0.25) is 0 Å². The van der Waals surface area contributed by atoms with Crippen LogP contribution in [0.1, 0.15) is 25.8 Å². The van der Waals surface area contributed by atoms with Gasteiger partial charge < -0.3 is 9.84 Å². The summed E-state index contributed by atoms with van der Waals surface area (Å²) in [6, 6.07) is 7.95. The highest BCUT2D eigenvalue weighted by molar-refractivity contribution is 5.27. The summed E-state index contributed by atoms with van der Waals surface area (Å²) < 4.78 is 5.07. The largest absolute Gasteiger partial charge is 0.497 e. The van der Waals surface area contributed by atoms with Crippen LogP contribution in [-0.2, 0) is 6.42 Å². The summed E-state index contributed by atoms with van der Waals surface area (Å²) in [6.07, 6.45) is 1.67. The van der Waals surface area contributed by atoms with E-state index in [1.165, 1.54) is 5.56 Å². The Balaban J connectivity index is 2.52. The van der Waals surface area contributed by atoms with Crippen LogP contribution in [0.15, 0.2) is 24.3 Å². The summed E-state index contributed by atoms with van der Waals surface area (Å²) >= 11 is 0. The number of methoxy groups -OCH3 is 1. The molecule has 0 atom stereocenters. The van der Waals surface area contributed by atoms with E-state index in [2.05, 4.69) is 0 Å². The molecule has 1 rings (SSSR count). The number of hydrogen-bond acceptors (Lipinski definition) is 2. The fraction of sp³-hybridized carbons (Fsp3) is 0.500. The Hall–Kier alpha value is -1.02. The van der Waals surface area contributed by atoms with Crippen LogP contribution in [0.3, 0.4) is 0 Å². The highest BCUT2D eigenvalue weighted by atomic mass is 16.5. The summed E-state index contributed by atoms with van der Waals surface area (Å²) in [5.74, 6) is 0.872. The lowest BCUT2D eigenvalue weighted by Crippen LogP contribution is -2.19. The number of hydrogen-bond donors (Lipinski definition) is 1. The van der Waals surface area contributed by atoms with E-state index < -0.39 is 5.60 Å². The van der Waals surface area contributed by atoms with Crippen LogP contribution in [0, 0.1) is 0 Å². The molecule has 0 aliphatic carbocycles. The summed E-state index contributed by atoms with van der Waals surface area (Å²) in [5, 5.41) is 9.56. The summed E-state index contributed by atoms with van der Waals surface area (Å²) in [6.45, 7) is 3.66. The Bertz CT molecular complexity index is 269. The normalized spacial score (nSPS) is 11.4. The van der Waals surface area contributed by atoms with Crippen molar-refractivity contribution in [1.29, 1.82) is 0 Å². The molecule has 0 aliphatic rings. The molecular formula is C12H18O2. The van der Waals surface area contributed by atoms with E-state index >= 15 is 0 Å². The second-order valence-corrected chi connectivity index (χ2v) is 4.16. The Labute approximate surface area is 85.5 Å². The van der Waals surface area contributed by atoms with Gasteiger partial charge in [-0.1, -0.05) is 12.1 Å². The molecule has 0 unspecified atom stereocenters. The Morgan fingerprint density at radius 2 is 1.79 bits per heavy atom. The van der Waals surface area contributed by atoms with Crippen molar-refractivity contribution in [2.75, 3.05) is 7.11 Å². The second-order valence-electron chi connectivity index (χ2n) is 4.16. The Morgan fingerprint density at radius 1 is 1.21 bits per heavy atom. The molecule has 2 heteroatoms. The van der Waals surface area contributed by atoms with Crippen LogP contribution < -0.4 is 4.74 Å². The fourth-order valence-electron chi connectivity index (χ4n) is 1.24. The minimum Gasteiger partial charge on any atom is -0.497 e. The molecule has 0 amide bonds. The lowest BCUT2D eigenvalue weighted by molar-refractivity contribution is 0.0714. The smallest absolute Gasteiger partial charge is 0.118 e. The molecule has 0 bridgehead atoms. The average molecular weight is 194 g/mol. The van der Waals surface area contributed by atoms with Gasteiger partial charge in [0.2, 0.25) is 0 Å². The van der Waals surface area contributed by atoms with Crippen LogP contribution in [0.25, 0.3) is 0 Å². The van der Waals surface area contributed by atoms with Gasteiger partial charge in [0.05, 0.1) is 12.7 Å². The molecular weight excluding hydrogens is 176 g/mol. The SMILES string of the molecule is COc1ccc(CCC(C)(C)O)cc1. The highest BCUT2D eigenvalue weighted by Crippen LogP contribution is 2.16. The fourth-order valence-corrected chi connectivity index (χ4v) is 1.24. The van der Waals surface area contributed by atoms with Crippen molar-refractivity contribution in [3.05, 3.63) is 29.8 Å². The first-order chi connectivity index (χ1) is 6.51. The maximum absolute atomic E-state index is 9.56. The highest BCUT2D eigenvalue weighted by Gasteiger charge is 2.11. The molecule has 0 radical (unpaired) electrons. The van der Waals surface area contributed by atoms with Crippen molar-refractivity contribution in [2.24, 2.45) is 0 Å². The molecule has 0 saturated carbocycles. The maximum Gasteiger partial charge on any atom is 0.118 e. The molecule has 0 fully saturated rings. The number of aryl methyl sites for hydroxylation is 1. The zero-order valence-corrected chi connectivity index (χ0v) is 9.08. The number of ether oxygens (including phenoxy) is 1. The predicted octanol–water partition coefficient (Wildman–Crippen LogP) is 2.40. The van der Waals surface area contributed by atoms with Crippen molar-refractivity contribution < 1.29 is 9.84 Å². The van der Waals surface area contributed by atoms with E-state index in [4.69, 9.17) is 4.74 Å². The topological polar surface area (TPSA) is 29.5 Å². The molecule has 0 heterocycles. The third-order valence-corrected chi connectivity index (χ3v) is 2.18.